The Bertz CT molecular complexity index is 129. The third-order valence-electron chi connectivity index (χ3n) is 0.910. The van der Waals surface area contributed by atoms with Crippen LogP contribution in [0.25, 0.3) is 0 Å². The molecule has 3 nitrogen and oxygen atoms in total. The van der Waals surface area contributed by atoms with Gasteiger partial charge < -0.3 is 9.84 Å². The van der Waals surface area contributed by atoms with Crippen molar-refractivity contribution in [2.75, 3.05) is 6.61 Å². The highest BCUT2D eigenvalue weighted by Gasteiger charge is 2.02. The molecule has 0 aliphatic rings. The summed E-state index contributed by atoms with van der Waals surface area (Å²) in [6.45, 7) is 3.01. The van der Waals surface area contributed by atoms with Crippen LogP contribution in [0.1, 0.15) is 13.8 Å². The van der Waals surface area contributed by atoms with E-state index < -0.39 is 12.6 Å². The number of hydrogen-bond acceptors (Lipinski definition) is 3. The molecule has 10 heavy (non-hydrogen) atoms. The molecule has 0 aromatic carbocycles. The standard InChI is InChI=1S/C7H12O3/c1-3-4-6(2)10-7(9)5-8/h3-4,6,8H,5H2,1-2H3/b4-3+/t6-/m1/s1. The van der Waals surface area contributed by atoms with Crippen LogP contribution < -0.4 is 0 Å². The van der Waals surface area contributed by atoms with E-state index in [1.54, 1.807) is 19.1 Å². The summed E-state index contributed by atoms with van der Waals surface area (Å²) in [5.41, 5.74) is 0. The largest absolute Gasteiger partial charge is 0.457 e. The Balaban J connectivity index is 3.57. The number of rotatable bonds is 3. The van der Waals surface area contributed by atoms with Gasteiger partial charge in [-0.2, -0.15) is 0 Å². The lowest BCUT2D eigenvalue weighted by Gasteiger charge is -2.05. The summed E-state index contributed by atoms with van der Waals surface area (Å²) in [7, 11) is 0. The van der Waals surface area contributed by atoms with E-state index in [9.17, 15) is 4.79 Å². The molecule has 0 saturated heterocycles. The lowest BCUT2D eigenvalue weighted by Crippen LogP contribution is -2.15. The molecule has 0 saturated carbocycles. The van der Waals surface area contributed by atoms with Crippen molar-refractivity contribution in [1.29, 1.82) is 0 Å². The van der Waals surface area contributed by atoms with Crippen molar-refractivity contribution in [3.8, 4) is 0 Å². The van der Waals surface area contributed by atoms with Gasteiger partial charge in [-0.1, -0.05) is 6.08 Å². The molecule has 0 aromatic heterocycles. The molecular weight excluding hydrogens is 132 g/mol. The molecular formula is C7H12O3. The van der Waals surface area contributed by atoms with Gasteiger partial charge in [0, 0.05) is 0 Å². The average molecular weight is 144 g/mol. The van der Waals surface area contributed by atoms with Crippen LogP contribution in [0.4, 0.5) is 0 Å². The Morgan fingerprint density at radius 1 is 1.80 bits per heavy atom. The lowest BCUT2D eigenvalue weighted by molar-refractivity contribution is -0.149. The van der Waals surface area contributed by atoms with E-state index in [2.05, 4.69) is 4.74 Å². The van der Waals surface area contributed by atoms with Gasteiger partial charge in [-0.3, -0.25) is 0 Å². The first-order chi connectivity index (χ1) is 4.70. The highest BCUT2D eigenvalue weighted by atomic mass is 16.6. The zero-order chi connectivity index (χ0) is 7.98. The second-order valence-electron chi connectivity index (χ2n) is 1.88. The Morgan fingerprint density at radius 2 is 2.40 bits per heavy atom. The van der Waals surface area contributed by atoms with Gasteiger partial charge in [0.2, 0.25) is 0 Å². The first kappa shape index (κ1) is 9.17. The van der Waals surface area contributed by atoms with Gasteiger partial charge in [-0.15, -0.1) is 0 Å². The van der Waals surface area contributed by atoms with Gasteiger partial charge in [0.15, 0.2) is 0 Å². The second-order valence-corrected chi connectivity index (χ2v) is 1.88. The Morgan fingerprint density at radius 3 is 2.80 bits per heavy atom. The molecule has 3 heteroatoms. The molecule has 0 spiro atoms. The molecule has 0 amide bonds. The maximum Gasteiger partial charge on any atom is 0.332 e. The number of aliphatic hydroxyl groups is 1. The van der Waals surface area contributed by atoms with Gasteiger partial charge in [0.1, 0.15) is 12.7 Å². The fourth-order valence-corrected chi connectivity index (χ4v) is 0.555. The van der Waals surface area contributed by atoms with Crippen LogP contribution in [0.3, 0.4) is 0 Å². The van der Waals surface area contributed by atoms with Crippen LogP contribution in [0.5, 0.6) is 0 Å². The predicted octanol–water partition coefficient (Wildman–Crippen LogP) is 0.486. The Kier molecular flexibility index (Phi) is 4.58. The first-order valence-corrected chi connectivity index (χ1v) is 3.14. The summed E-state index contributed by atoms with van der Waals surface area (Å²) >= 11 is 0. The van der Waals surface area contributed by atoms with E-state index in [-0.39, 0.29) is 6.10 Å². The molecule has 0 aromatic rings. The minimum absolute atomic E-state index is 0.246. The number of ether oxygens (including phenoxy) is 1. The number of carbonyl (C=O) groups excluding carboxylic acids is 1. The highest BCUT2D eigenvalue weighted by molar-refractivity contribution is 5.70. The van der Waals surface area contributed by atoms with Crippen molar-refractivity contribution in [2.45, 2.75) is 20.0 Å². The Labute approximate surface area is 60.3 Å². The van der Waals surface area contributed by atoms with Crippen LogP contribution >= 0.6 is 0 Å². The molecule has 0 unspecified atom stereocenters. The van der Waals surface area contributed by atoms with Crippen molar-refractivity contribution in [3.63, 3.8) is 0 Å². The fourth-order valence-electron chi connectivity index (χ4n) is 0.555. The molecule has 0 bridgehead atoms. The quantitative estimate of drug-likeness (QED) is 0.463. The molecule has 0 aliphatic carbocycles. The molecule has 0 fully saturated rings. The SMILES string of the molecule is C/C=C/[C@@H](C)OC(=O)CO. The molecule has 1 N–H and O–H groups in total. The minimum atomic E-state index is -0.592. The predicted molar refractivity (Wildman–Crippen MR) is 37.5 cm³/mol. The van der Waals surface area contributed by atoms with Crippen molar-refractivity contribution >= 4 is 5.97 Å². The lowest BCUT2D eigenvalue weighted by atomic mass is 10.3. The van der Waals surface area contributed by atoms with E-state index in [0.29, 0.717) is 0 Å². The molecule has 0 aliphatic heterocycles. The van der Waals surface area contributed by atoms with Crippen LogP contribution in [-0.4, -0.2) is 23.8 Å². The van der Waals surface area contributed by atoms with Crippen molar-refractivity contribution < 1.29 is 14.6 Å². The van der Waals surface area contributed by atoms with E-state index in [0.717, 1.165) is 0 Å². The summed E-state index contributed by atoms with van der Waals surface area (Å²) in [6.07, 6.45) is 3.27. The van der Waals surface area contributed by atoms with Crippen LogP contribution in [-0.2, 0) is 9.53 Å². The number of aliphatic hydroxyl groups excluding tert-OH is 1. The molecule has 58 valence electrons. The molecule has 1 atom stereocenters. The van der Waals surface area contributed by atoms with Gasteiger partial charge in [0.05, 0.1) is 0 Å². The van der Waals surface area contributed by atoms with Crippen LogP contribution in [0.15, 0.2) is 12.2 Å². The number of esters is 1. The maximum absolute atomic E-state index is 10.4. The topological polar surface area (TPSA) is 46.5 Å². The van der Waals surface area contributed by atoms with Gasteiger partial charge in [0.25, 0.3) is 0 Å². The third-order valence-corrected chi connectivity index (χ3v) is 0.910. The summed E-state index contributed by atoms with van der Waals surface area (Å²) < 4.78 is 4.66. The highest BCUT2D eigenvalue weighted by Crippen LogP contribution is 1.92. The van der Waals surface area contributed by atoms with Gasteiger partial charge >= 0.3 is 5.97 Å². The van der Waals surface area contributed by atoms with Crippen LogP contribution in [0.2, 0.25) is 0 Å². The number of allylic oxidation sites excluding steroid dienone is 1. The number of carbonyl (C=O) groups is 1. The molecule has 0 radical (unpaired) electrons. The van der Waals surface area contributed by atoms with Crippen molar-refractivity contribution in [3.05, 3.63) is 12.2 Å². The normalized spacial score (nSPS) is 13.5. The summed E-state index contributed by atoms with van der Waals surface area (Å²) in [5, 5.41) is 8.25. The first-order valence-electron chi connectivity index (χ1n) is 3.14. The van der Waals surface area contributed by atoms with E-state index >= 15 is 0 Å². The summed E-state index contributed by atoms with van der Waals surface area (Å²) in [6, 6.07) is 0. The minimum Gasteiger partial charge on any atom is -0.457 e. The zero-order valence-corrected chi connectivity index (χ0v) is 6.20. The average Bonchev–Trinajstić information content (AvgIpc) is 1.88. The molecule has 0 rings (SSSR count). The fraction of sp³-hybridized carbons (Fsp3) is 0.571. The van der Waals surface area contributed by atoms with E-state index in [1.165, 1.54) is 0 Å². The molecule has 0 heterocycles. The van der Waals surface area contributed by atoms with Gasteiger partial charge in [-0.05, 0) is 19.9 Å². The van der Waals surface area contributed by atoms with Crippen molar-refractivity contribution in [1.82, 2.24) is 0 Å². The van der Waals surface area contributed by atoms with Crippen molar-refractivity contribution in [2.24, 2.45) is 0 Å². The van der Waals surface area contributed by atoms with Crippen LogP contribution in [0, 0.1) is 0 Å². The third kappa shape index (κ3) is 4.09. The second kappa shape index (κ2) is 4.99. The van der Waals surface area contributed by atoms with E-state index in [4.69, 9.17) is 5.11 Å². The zero-order valence-electron chi connectivity index (χ0n) is 6.20. The monoisotopic (exact) mass is 144 g/mol. The smallest absolute Gasteiger partial charge is 0.332 e. The van der Waals surface area contributed by atoms with E-state index in [1.807, 2.05) is 6.92 Å². The maximum atomic E-state index is 10.4. The Hall–Kier alpha value is -0.830. The van der Waals surface area contributed by atoms with Gasteiger partial charge in [-0.25, -0.2) is 4.79 Å². The number of hydrogen-bond donors (Lipinski definition) is 1. The summed E-state index contributed by atoms with van der Waals surface area (Å²) in [5.74, 6) is -0.592. The summed E-state index contributed by atoms with van der Waals surface area (Å²) in [4.78, 5) is 10.4.